The van der Waals surface area contributed by atoms with Gasteiger partial charge in [-0.1, -0.05) is 219 Å². The van der Waals surface area contributed by atoms with Crippen molar-refractivity contribution in [3.05, 3.63) is 306 Å². The lowest BCUT2D eigenvalue weighted by molar-refractivity contribution is 0.643. The van der Waals surface area contributed by atoms with E-state index in [1.54, 1.807) is 0 Å². The van der Waals surface area contributed by atoms with Crippen molar-refractivity contribution in [1.29, 1.82) is 0 Å². The van der Waals surface area contributed by atoms with E-state index >= 15 is 0 Å². The molecule has 1 nitrogen and oxygen atoms in total. The van der Waals surface area contributed by atoms with E-state index in [-0.39, 0.29) is 0 Å². The molecule has 9 aromatic carbocycles. The van der Waals surface area contributed by atoms with Crippen LogP contribution in [0.15, 0.2) is 261 Å². The van der Waals surface area contributed by atoms with Gasteiger partial charge < -0.3 is 4.90 Å². The Hall–Kier alpha value is -8.00. The minimum atomic E-state index is -0.539. The Kier molecular flexibility index (Phi) is 8.91. The van der Waals surface area contributed by atoms with E-state index in [0.29, 0.717) is 0 Å². The maximum atomic E-state index is 4.90. The molecule has 0 N–H and O–H groups in total. The van der Waals surface area contributed by atoms with E-state index in [1.807, 2.05) is 0 Å². The quantitative estimate of drug-likeness (QED) is 0.162. The summed E-state index contributed by atoms with van der Waals surface area (Å²) in [5, 5.41) is 0. The van der Waals surface area contributed by atoms with Crippen molar-refractivity contribution < 1.29 is 0 Å². The van der Waals surface area contributed by atoms with Crippen LogP contribution in [0.4, 0.5) is 11.4 Å². The Bertz CT molecular complexity index is 3230. The normalized spacial score (nSPS) is 16.1. The molecule has 0 atom stereocenters. The lowest BCUT2D eigenvalue weighted by Gasteiger charge is -2.35. The van der Waals surface area contributed by atoms with E-state index in [0.717, 1.165) is 40.2 Å². The molecule has 0 heterocycles. The van der Waals surface area contributed by atoms with Gasteiger partial charge in [0.05, 0.1) is 10.8 Å². The molecule has 0 bridgehead atoms. The highest BCUT2D eigenvalue weighted by molar-refractivity contribution is 5.91. The van der Waals surface area contributed by atoms with Crippen LogP contribution < -0.4 is 4.90 Å². The number of anilines is 2. The molecule has 0 saturated heterocycles. The summed E-state index contributed by atoms with van der Waals surface area (Å²) in [7, 11) is 0. The first-order valence-electron chi connectivity index (χ1n) is 22.3. The average Bonchev–Trinajstić information content (AvgIpc) is 3.84. The van der Waals surface area contributed by atoms with Crippen molar-refractivity contribution in [2.45, 2.75) is 17.3 Å². The van der Waals surface area contributed by atoms with E-state index < -0.39 is 10.8 Å². The lowest BCUT2D eigenvalue weighted by Crippen LogP contribution is -2.29. The molecule has 0 aliphatic heterocycles. The van der Waals surface area contributed by atoms with Crippen LogP contribution in [0.5, 0.6) is 0 Å². The zero-order valence-electron chi connectivity index (χ0n) is 35.5. The fraction of sp³-hybridized carbons (Fsp3) is 0.0476. The molecule has 3 aliphatic rings. The largest absolute Gasteiger partial charge is 0.310 e. The molecular formula is C63H45N. The second-order valence-electron chi connectivity index (χ2n) is 17.3. The molecule has 3 aliphatic carbocycles. The molecule has 1 heteroatoms. The van der Waals surface area contributed by atoms with Gasteiger partial charge in [-0.3, -0.25) is 0 Å². The third-order valence-corrected chi connectivity index (χ3v) is 14.0. The molecule has 64 heavy (non-hydrogen) atoms. The van der Waals surface area contributed by atoms with E-state index in [1.165, 1.54) is 66.8 Å². The summed E-state index contributed by atoms with van der Waals surface area (Å²) in [5.74, 6) is 0. The zero-order chi connectivity index (χ0) is 42.7. The van der Waals surface area contributed by atoms with Crippen LogP contribution >= 0.6 is 0 Å². The molecule has 12 rings (SSSR count). The number of rotatable bonds is 6. The Labute approximate surface area is 376 Å². The highest BCUT2D eigenvalue weighted by Crippen LogP contribution is 2.58. The van der Waals surface area contributed by atoms with Gasteiger partial charge in [-0.2, -0.15) is 0 Å². The van der Waals surface area contributed by atoms with E-state index in [9.17, 15) is 0 Å². The molecule has 0 aromatic heterocycles. The Morgan fingerprint density at radius 2 is 0.844 bits per heavy atom. The third kappa shape index (κ3) is 5.64. The minimum Gasteiger partial charge on any atom is -0.310 e. The summed E-state index contributed by atoms with van der Waals surface area (Å²) < 4.78 is 0. The van der Waals surface area contributed by atoms with Crippen LogP contribution in [0.25, 0.3) is 39.0 Å². The van der Waals surface area contributed by atoms with E-state index in [4.69, 9.17) is 6.58 Å². The van der Waals surface area contributed by atoms with Gasteiger partial charge in [0.25, 0.3) is 0 Å². The summed E-state index contributed by atoms with van der Waals surface area (Å²) in [6.45, 7) is 4.90. The number of benzene rings is 9. The molecule has 0 fully saturated rings. The first kappa shape index (κ1) is 37.7. The van der Waals surface area contributed by atoms with Crippen molar-refractivity contribution >= 4 is 16.9 Å². The SMILES string of the molecule is C=C1/C=C(N(c2cccc(-c3ccccc3)c2)c2ccc3c(c2)C(c2ccccc2)(c2ccccc2)c2ccccc2-3)\C=C/CC2(c3ccccc31)c1ccccc1-c1ccccc12. The molecule has 0 unspecified atom stereocenters. The Morgan fingerprint density at radius 1 is 0.375 bits per heavy atom. The first-order chi connectivity index (χ1) is 31.7. The average molecular weight is 816 g/mol. The van der Waals surface area contributed by atoms with Crippen molar-refractivity contribution in [2.24, 2.45) is 0 Å². The summed E-state index contributed by atoms with van der Waals surface area (Å²) in [6, 6.07) is 84.9. The molecule has 0 radical (unpaired) electrons. The summed E-state index contributed by atoms with van der Waals surface area (Å²) >= 11 is 0. The number of nitrogens with zero attached hydrogens (tertiary/aromatic N) is 1. The second kappa shape index (κ2) is 15.1. The number of allylic oxidation sites excluding steroid dienone is 4. The lowest BCUT2D eigenvalue weighted by atomic mass is 9.67. The zero-order valence-corrected chi connectivity index (χ0v) is 35.5. The van der Waals surface area contributed by atoms with Crippen LogP contribution in [0.1, 0.15) is 50.9 Å². The van der Waals surface area contributed by atoms with Gasteiger partial charge in [0.2, 0.25) is 0 Å². The van der Waals surface area contributed by atoms with Crippen molar-refractivity contribution in [3.8, 4) is 33.4 Å². The van der Waals surface area contributed by atoms with Crippen LogP contribution in [-0.4, -0.2) is 0 Å². The van der Waals surface area contributed by atoms with Crippen LogP contribution in [0, 0.1) is 0 Å². The molecule has 302 valence electrons. The first-order valence-corrected chi connectivity index (χ1v) is 22.3. The standard InChI is InChI=1S/C63H45N/c1-44-41-49(29-20-40-62(57-34-15-11-30-52(44)57)58-35-16-12-31-53(58)54-32-13-17-36-59(54)62)64(50-28-19-23-46(42-50)45-21-5-2-6-22-45)51-38-39-56-55-33-14-18-37-60(55)63(61(56)43-51,47-24-7-3-8-25-47)48-26-9-4-10-27-48/h2-39,41-43H,1,40H2/b29-20-,49-41+. The van der Waals surface area contributed by atoms with Gasteiger partial charge >= 0.3 is 0 Å². The van der Waals surface area contributed by atoms with Crippen molar-refractivity contribution in [3.63, 3.8) is 0 Å². The maximum absolute atomic E-state index is 4.90. The van der Waals surface area contributed by atoms with Gasteiger partial charge in [-0.15, -0.1) is 0 Å². The maximum Gasteiger partial charge on any atom is 0.0714 e. The fourth-order valence-corrected chi connectivity index (χ4v) is 11.4. The minimum absolute atomic E-state index is 0.394. The molecule has 9 aromatic rings. The topological polar surface area (TPSA) is 3.24 Å². The highest BCUT2D eigenvalue weighted by atomic mass is 15.1. The summed E-state index contributed by atoms with van der Waals surface area (Å²) in [4.78, 5) is 2.45. The van der Waals surface area contributed by atoms with Gasteiger partial charge in [0, 0.05) is 17.1 Å². The molecular weight excluding hydrogens is 771 g/mol. The summed E-state index contributed by atoms with van der Waals surface area (Å²) in [5.41, 5.74) is 20.9. The number of hydrogen-bond acceptors (Lipinski definition) is 1. The van der Waals surface area contributed by atoms with Crippen molar-refractivity contribution in [1.82, 2.24) is 0 Å². The van der Waals surface area contributed by atoms with Gasteiger partial charge in [0.15, 0.2) is 0 Å². The third-order valence-electron chi connectivity index (χ3n) is 14.0. The number of fused-ring (bicyclic) bond motifs is 10. The Balaban J connectivity index is 1.11. The van der Waals surface area contributed by atoms with Crippen LogP contribution in [-0.2, 0) is 10.8 Å². The van der Waals surface area contributed by atoms with Gasteiger partial charge in [-0.25, -0.2) is 0 Å². The molecule has 0 amide bonds. The second-order valence-corrected chi connectivity index (χ2v) is 17.3. The van der Waals surface area contributed by atoms with Crippen LogP contribution in [0.2, 0.25) is 0 Å². The van der Waals surface area contributed by atoms with Gasteiger partial charge in [0.1, 0.15) is 0 Å². The highest BCUT2D eigenvalue weighted by Gasteiger charge is 2.47. The van der Waals surface area contributed by atoms with Gasteiger partial charge in [-0.05, 0) is 126 Å². The predicted octanol–water partition coefficient (Wildman–Crippen LogP) is 15.7. The van der Waals surface area contributed by atoms with Crippen molar-refractivity contribution in [2.75, 3.05) is 4.90 Å². The van der Waals surface area contributed by atoms with E-state index in [2.05, 4.69) is 254 Å². The molecule has 0 saturated carbocycles. The van der Waals surface area contributed by atoms with Crippen LogP contribution in [0.3, 0.4) is 0 Å². The smallest absolute Gasteiger partial charge is 0.0714 e. The molecule has 1 spiro atoms. The summed E-state index contributed by atoms with van der Waals surface area (Å²) in [6.07, 6.45) is 7.85. The number of hydrogen-bond donors (Lipinski definition) is 0. The Morgan fingerprint density at radius 3 is 1.47 bits per heavy atom. The monoisotopic (exact) mass is 815 g/mol. The predicted molar refractivity (Wildman–Crippen MR) is 267 cm³/mol. The fourth-order valence-electron chi connectivity index (χ4n) is 11.4.